The zero-order valence-corrected chi connectivity index (χ0v) is 14.8. The van der Waals surface area contributed by atoms with E-state index in [-0.39, 0.29) is 18.3 Å². The van der Waals surface area contributed by atoms with Gasteiger partial charge in [-0.1, -0.05) is 25.6 Å². The van der Waals surface area contributed by atoms with Gasteiger partial charge in [0, 0.05) is 6.42 Å². The highest BCUT2D eigenvalue weighted by atomic mass is 16.5. The standard InChI is InChI=1S/C18H22N6O2/c1-4-12(2)26-15-8-6-5-7-13(15)23-24-14-9-10-16(22-18(14)19)21-17(25)11-20-3/h5-10,20H,2,4,11H2,1,3H3,(H3,19,21,22,25)/b24-23+. The molecule has 1 heterocycles. The van der Waals surface area contributed by atoms with Gasteiger partial charge in [0.05, 0.1) is 12.3 Å². The minimum Gasteiger partial charge on any atom is -0.460 e. The highest BCUT2D eigenvalue weighted by Crippen LogP contribution is 2.31. The number of rotatable bonds is 8. The van der Waals surface area contributed by atoms with Crippen LogP contribution in [0.25, 0.3) is 0 Å². The third-order valence-corrected chi connectivity index (χ3v) is 3.29. The summed E-state index contributed by atoms with van der Waals surface area (Å²) in [6.45, 7) is 5.96. The number of nitrogens with zero attached hydrogens (tertiary/aromatic N) is 3. The molecule has 0 saturated carbocycles. The molecule has 0 fully saturated rings. The second-order valence-corrected chi connectivity index (χ2v) is 5.34. The highest BCUT2D eigenvalue weighted by molar-refractivity contribution is 5.91. The summed E-state index contributed by atoms with van der Waals surface area (Å²) in [6, 6.07) is 10.5. The van der Waals surface area contributed by atoms with Crippen molar-refractivity contribution in [3.05, 3.63) is 48.7 Å². The largest absolute Gasteiger partial charge is 0.460 e. The van der Waals surface area contributed by atoms with Crippen molar-refractivity contribution in [1.29, 1.82) is 0 Å². The van der Waals surface area contributed by atoms with E-state index in [2.05, 4.69) is 32.4 Å². The van der Waals surface area contributed by atoms with Crippen LogP contribution >= 0.6 is 0 Å². The van der Waals surface area contributed by atoms with E-state index in [9.17, 15) is 4.79 Å². The van der Waals surface area contributed by atoms with Crippen LogP contribution in [0.4, 0.5) is 23.0 Å². The summed E-state index contributed by atoms with van der Waals surface area (Å²) in [4.78, 5) is 15.7. The average Bonchev–Trinajstić information content (AvgIpc) is 2.62. The Labute approximate surface area is 152 Å². The molecule has 26 heavy (non-hydrogen) atoms. The smallest absolute Gasteiger partial charge is 0.239 e. The predicted octanol–water partition coefficient (Wildman–Crippen LogP) is 3.54. The number of allylic oxidation sites excluding steroid dienone is 1. The number of carbonyl (C=O) groups is 1. The van der Waals surface area contributed by atoms with Crippen molar-refractivity contribution in [3.63, 3.8) is 0 Å². The maximum atomic E-state index is 11.6. The molecule has 1 amide bonds. The number of aromatic nitrogens is 1. The van der Waals surface area contributed by atoms with Gasteiger partial charge in [0.1, 0.15) is 17.2 Å². The number of amides is 1. The number of hydrogen-bond donors (Lipinski definition) is 3. The van der Waals surface area contributed by atoms with Crippen molar-refractivity contribution >= 4 is 28.9 Å². The number of benzene rings is 1. The minimum absolute atomic E-state index is 0.160. The molecule has 8 heteroatoms. The van der Waals surface area contributed by atoms with E-state index in [1.54, 1.807) is 31.3 Å². The monoisotopic (exact) mass is 354 g/mol. The fourth-order valence-electron chi connectivity index (χ4n) is 1.93. The number of azo groups is 1. The van der Waals surface area contributed by atoms with Crippen LogP contribution in [0.15, 0.2) is 59.0 Å². The molecule has 0 unspecified atom stereocenters. The Morgan fingerprint density at radius 3 is 2.65 bits per heavy atom. The van der Waals surface area contributed by atoms with E-state index in [0.717, 1.165) is 0 Å². The molecule has 0 aliphatic rings. The number of pyridine rings is 1. The SMILES string of the molecule is C=C(CC)Oc1ccccc1/N=N/c1ccc(NC(=O)CNC)nc1N. The molecular formula is C18H22N6O2. The lowest BCUT2D eigenvalue weighted by atomic mass is 10.3. The zero-order chi connectivity index (χ0) is 18.9. The quantitative estimate of drug-likeness (QED) is 0.495. The van der Waals surface area contributed by atoms with Crippen LogP contribution in [-0.4, -0.2) is 24.5 Å². The number of likely N-dealkylation sites (N-methyl/N-ethyl adjacent to an activating group) is 1. The van der Waals surface area contributed by atoms with Crippen molar-refractivity contribution in [1.82, 2.24) is 10.3 Å². The molecule has 0 saturated heterocycles. The van der Waals surface area contributed by atoms with Crippen molar-refractivity contribution in [3.8, 4) is 5.75 Å². The Kier molecular flexibility index (Phi) is 6.81. The van der Waals surface area contributed by atoms with Crippen molar-refractivity contribution in [2.45, 2.75) is 13.3 Å². The number of nitrogen functional groups attached to an aromatic ring is 1. The van der Waals surface area contributed by atoms with Crippen LogP contribution in [0, 0.1) is 0 Å². The number of ether oxygens (including phenoxy) is 1. The van der Waals surface area contributed by atoms with Gasteiger partial charge in [-0.25, -0.2) is 4.98 Å². The highest BCUT2D eigenvalue weighted by Gasteiger charge is 2.07. The van der Waals surface area contributed by atoms with Gasteiger partial charge in [-0.15, -0.1) is 10.2 Å². The van der Waals surface area contributed by atoms with Crippen LogP contribution in [0.1, 0.15) is 13.3 Å². The molecule has 0 bridgehead atoms. The van der Waals surface area contributed by atoms with E-state index >= 15 is 0 Å². The van der Waals surface area contributed by atoms with Gasteiger partial charge in [-0.3, -0.25) is 4.79 Å². The number of hydrogen-bond acceptors (Lipinski definition) is 7. The first-order valence-corrected chi connectivity index (χ1v) is 8.10. The van der Waals surface area contributed by atoms with Gasteiger partial charge < -0.3 is 21.1 Å². The molecule has 0 spiro atoms. The van der Waals surface area contributed by atoms with Gasteiger partial charge in [-0.05, 0) is 31.3 Å². The summed E-state index contributed by atoms with van der Waals surface area (Å²) >= 11 is 0. The summed E-state index contributed by atoms with van der Waals surface area (Å²) in [5.74, 6) is 1.49. The Hall–Kier alpha value is -3.26. The molecule has 1 aromatic carbocycles. The summed E-state index contributed by atoms with van der Waals surface area (Å²) in [5, 5.41) is 13.7. The molecule has 2 aromatic rings. The van der Waals surface area contributed by atoms with Crippen LogP contribution < -0.4 is 21.1 Å². The van der Waals surface area contributed by atoms with Crippen LogP contribution in [0.2, 0.25) is 0 Å². The van der Waals surface area contributed by atoms with Gasteiger partial charge in [-0.2, -0.15) is 0 Å². The van der Waals surface area contributed by atoms with Gasteiger partial charge in [0.15, 0.2) is 11.6 Å². The van der Waals surface area contributed by atoms with Crippen LogP contribution in [0.5, 0.6) is 5.75 Å². The van der Waals surface area contributed by atoms with Crippen molar-refractivity contribution < 1.29 is 9.53 Å². The molecule has 0 atom stereocenters. The second kappa shape index (κ2) is 9.28. The van der Waals surface area contributed by atoms with E-state index in [1.165, 1.54) is 0 Å². The first-order valence-electron chi connectivity index (χ1n) is 8.10. The maximum absolute atomic E-state index is 11.6. The van der Waals surface area contributed by atoms with Gasteiger partial charge in [0.25, 0.3) is 0 Å². The maximum Gasteiger partial charge on any atom is 0.239 e. The number of carbonyl (C=O) groups excluding carboxylic acids is 1. The van der Waals surface area contributed by atoms with Crippen molar-refractivity contribution in [2.24, 2.45) is 10.2 Å². The first kappa shape index (κ1) is 19.1. The summed E-state index contributed by atoms with van der Waals surface area (Å²) in [5.41, 5.74) is 6.84. The number of anilines is 2. The molecule has 8 nitrogen and oxygen atoms in total. The van der Waals surface area contributed by atoms with E-state index < -0.39 is 0 Å². The summed E-state index contributed by atoms with van der Waals surface area (Å²) < 4.78 is 5.65. The van der Waals surface area contributed by atoms with E-state index in [0.29, 0.717) is 35.1 Å². The Balaban J connectivity index is 2.16. The second-order valence-electron chi connectivity index (χ2n) is 5.34. The van der Waals surface area contributed by atoms with E-state index in [4.69, 9.17) is 10.5 Å². The molecule has 1 aromatic heterocycles. The molecule has 0 radical (unpaired) electrons. The topological polar surface area (TPSA) is 114 Å². The normalized spacial score (nSPS) is 10.7. The Bertz CT molecular complexity index is 819. The molecule has 136 valence electrons. The van der Waals surface area contributed by atoms with Crippen molar-refractivity contribution in [2.75, 3.05) is 24.6 Å². The molecule has 0 aliphatic heterocycles. The molecular weight excluding hydrogens is 332 g/mol. The van der Waals surface area contributed by atoms with Crippen LogP contribution in [-0.2, 0) is 4.79 Å². The number of para-hydroxylation sites is 1. The van der Waals surface area contributed by atoms with Crippen LogP contribution in [0.3, 0.4) is 0 Å². The third-order valence-electron chi connectivity index (χ3n) is 3.29. The lowest BCUT2D eigenvalue weighted by Gasteiger charge is -2.08. The van der Waals surface area contributed by atoms with Gasteiger partial charge in [0.2, 0.25) is 5.91 Å². The molecule has 0 aliphatic carbocycles. The molecule has 4 N–H and O–H groups in total. The average molecular weight is 354 g/mol. The predicted molar refractivity (Wildman–Crippen MR) is 102 cm³/mol. The minimum atomic E-state index is -0.212. The number of nitrogens with one attached hydrogen (secondary N) is 2. The Morgan fingerprint density at radius 2 is 1.96 bits per heavy atom. The van der Waals surface area contributed by atoms with Gasteiger partial charge >= 0.3 is 0 Å². The zero-order valence-electron chi connectivity index (χ0n) is 14.8. The summed E-state index contributed by atoms with van der Waals surface area (Å²) in [7, 11) is 1.68. The fourth-order valence-corrected chi connectivity index (χ4v) is 1.93. The number of nitrogens with two attached hydrogens (primary N) is 1. The lowest BCUT2D eigenvalue weighted by molar-refractivity contribution is -0.115. The lowest BCUT2D eigenvalue weighted by Crippen LogP contribution is -2.25. The fraction of sp³-hybridized carbons (Fsp3) is 0.222. The molecule has 2 rings (SSSR count). The Morgan fingerprint density at radius 1 is 1.23 bits per heavy atom. The third kappa shape index (κ3) is 5.38. The van der Waals surface area contributed by atoms with E-state index in [1.807, 2.05) is 19.1 Å². The summed E-state index contributed by atoms with van der Waals surface area (Å²) in [6.07, 6.45) is 0.697. The first-order chi connectivity index (χ1) is 12.5.